The van der Waals surface area contributed by atoms with Gasteiger partial charge in [0.2, 0.25) is 5.91 Å². The van der Waals surface area contributed by atoms with Crippen molar-refractivity contribution in [2.24, 2.45) is 5.10 Å². The number of benzene rings is 1. The van der Waals surface area contributed by atoms with Gasteiger partial charge in [0.25, 0.3) is 0 Å². The summed E-state index contributed by atoms with van der Waals surface area (Å²) < 4.78 is 10.3. The molecule has 132 valence electrons. The zero-order valence-electron chi connectivity index (χ0n) is 13.6. The number of nitrogens with one attached hydrogen (secondary N) is 1. The Labute approximate surface area is 151 Å². The van der Waals surface area contributed by atoms with E-state index >= 15 is 0 Å². The number of hydrogen-bond acceptors (Lipinski definition) is 5. The Morgan fingerprint density at radius 1 is 1.29 bits per heavy atom. The predicted octanol–water partition coefficient (Wildman–Crippen LogP) is 3.60. The van der Waals surface area contributed by atoms with E-state index in [4.69, 9.17) is 32.7 Å². The van der Waals surface area contributed by atoms with E-state index in [2.05, 4.69) is 10.5 Å². The number of carbonyl (C=O) groups excluding carboxylic acids is 2. The Morgan fingerprint density at radius 3 is 2.71 bits per heavy atom. The molecular weight excluding hydrogens is 355 g/mol. The number of hydrazone groups is 1. The first-order chi connectivity index (χ1) is 11.4. The molecule has 1 aromatic carbocycles. The molecule has 0 fully saturated rings. The van der Waals surface area contributed by atoms with Crippen molar-refractivity contribution in [3.05, 3.63) is 28.2 Å². The van der Waals surface area contributed by atoms with E-state index in [1.54, 1.807) is 32.0 Å². The van der Waals surface area contributed by atoms with Crippen LogP contribution in [0, 0.1) is 0 Å². The van der Waals surface area contributed by atoms with Crippen molar-refractivity contribution in [3.8, 4) is 5.75 Å². The van der Waals surface area contributed by atoms with Crippen molar-refractivity contribution >= 4 is 40.8 Å². The van der Waals surface area contributed by atoms with Gasteiger partial charge in [-0.05, 0) is 38.5 Å². The van der Waals surface area contributed by atoms with E-state index in [0.717, 1.165) is 0 Å². The summed E-state index contributed by atoms with van der Waals surface area (Å²) >= 11 is 11.8. The second-order valence-corrected chi connectivity index (χ2v) is 5.73. The van der Waals surface area contributed by atoms with Gasteiger partial charge >= 0.3 is 5.97 Å². The number of hydrogen-bond donors (Lipinski definition) is 1. The molecule has 0 atom stereocenters. The van der Waals surface area contributed by atoms with Crippen LogP contribution in [0.15, 0.2) is 23.3 Å². The first-order valence-corrected chi connectivity index (χ1v) is 8.23. The molecule has 0 spiro atoms. The molecule has 0 bridgehead atoms. The molecule has 1 aromatic rings. The monoisotopic (exact) mass is 374 g/mol. The van der Waals surface area contributed by atoms with Crippen molar-refractivity contribution in [2.45, 2.75) is 33.1 Å². The maximum Gasteiger partial charge on any atom is 0.311 e. The molecule has 0 aliphatic rings. The minimum Gasteiger partial charge on any atom is -0.492 e. The molecule has 8 heteroatoms. The fourth-order valence-electron chi connectivity index (χ4n) is 1.68. The molecule has 6 nitrogen and oxygen atoms in total. The van der Waals surface area contributed by atoms with Crippen LogP contribution < -0.4 is 10.2 Å². The highest BCUT2D eigenvalue weighted by Crippen LogP contribution is 2.27. The molecule has 0 aromatic heterocycles. The van der Waals surface area contributed by atoms with E-state index < -0.39 is 0 Å². The Bertz CT molecular complexity index is 606. The lowest BCUT2D eigenvalue weighted by atomic mass is 10.3. The molecule has 24 heavy (non-hydrogen) atoms. The standard InChI is InChI=1S/C16H20Cl2N2O4/c1-3-23-16(22)9-11(2)19-20-15(21)5-4-8-24-14-7-6-12(17)10-13(14)18/h6-7,10H,3-5,8-9H2,1-2H3,(H,20,21). The van der Waals surface area contributed by atoms with Gasteiger partial charge in [-0.2, -0.15) is 5.10 Å². The van der Waals surface area contributed by atoms with Gasteiger partial charge in [-0.25, -0.2) is 5.43 Å². The summed E-state index contributed by atoms with van der Waals surface area (Å²) in [6, 6.07) is 4.94. The topological polar surface area (TPSA) is 77.0 Å². The maximum absolute atomic E-state index is 11.6. The Balaban J connectivity index is 2.25. The molecule has 0 aliphatic carbocycles. The second-order valence-electron chi connectivity index (χ2n) is 4.89. The molecule has 0 aliphatic heterocycles. The summed E-state index contributed by atoms with van der Waals surface area (Å²) in [6.07, 6.45) is 0.783. The van der Waals surface area contributed by atoms with Crippen LogP contribution >= 0.6 is 23.2 Å². The Kier molecular flexibility index (Phi) is 9.19. The third kappa shape index (κ3) is 8.17. The first kappa shape index (κ1) is 20.3. The molecule has 0 saturated heterocycles. The summed E-state index contributed by atoms with van der Waals surface area (Å²) in [5.74, 6) is -0.116. The van der Waals surface area contributed by atoms with E-state index in [0.29, 0.717) is 41.1 Å². The van der Waals surface area contributed by atoms with Crippen LogP contribution in [0.5, 0.6) is 5.75 Å². The molecule has 0 radical (unpaired) electrons. The lowest BCUT2D eigenvalue weighted by Gasteiger charge is -2.08. The highest BCUT2D eigenvalue weighted by Gasteiger charge is 2.06. The van der Waals surface area contributed by atoms with Gasteiger partial charge in [-0.3, -0.25) is 9.59 Å². The van der Waals surface area contributed by atoms with Crippen molar-refractivity contribution < 1.29 is 19.1 Å². The molecule has 1 amide bonds. The highest BCUT2D eigenvalue weighted by atomic mass is 35.5. The van der Waals surface area contributed by atoms with Crippen LogP contribution in [-0.4, -0.2) is 30.8 Å². The minimum absolute atomic E-state index is 0.0479. The summed E-state index contributed by atoms with van der Waals surface area (Å²) in [6.45, 7) is 4.02. The lowest BCUT2D eigenvalue weighted by molar-refractivity contribution is -0.141. The summed E-state index contributed by atoms with van der Waals surface area (Å²) in [5.41, 5.74) is 2.87. The number of halogens is 2. The number of ether oxygens (including phenoxy) is 2. The van der Waals surface area contributed by atoms with Gasteiger partial charge in [-0.1, -0.05) is 23.2 Å². The van der Waals surface area contributed by atoms with Gasteiger partial charge in [-0.15, -0.1) is 0 Å². The average molecular weight is 375 g/mol. The number of esters is 1. The van der Waals surface area contributed by atoms with Crippen LogP contribution in [0.1, 0.15) is 33.1 Å². The molecule has 0 unspecified atom stereocenters. The van der Waals surface area contributed by atoms with Crippen LogP contribution in [0.4, 0.5) is 0 Å². The maximum atomic E-state index is 11.6. The third-order valence-corrected chi connectivity index (χ3v) is 3.31. The van der Waals surface area contributed by atoms with Gasteiger partial charge in [0.15, 0.2) is 0 Å². The van der Waals surface area contributed by atoms with Crippen LogP contribution in [-0.2, 0) is 14.3 Å². The zero-order chi connectivity index (χ0) is 17.9. The third-order valence-electron chi connectivity index (χ3n) is 2.78. The molecule has 0 saturated carbocycles. The Hall–Kier alpha value is -1.79. The smallest absolute Gasteiger partial charge is 0.311 e. The molecular formula is C16H20Cl2N2O4. The van der Waals surface area contributed by atoms with Crippen LogP contribution in [0.3, 0.4) is 0 Å². The SMILES string of the molecule is CCOC(=O)CC(C)=NNC(=O)CCCOc1ccc(Cl)cc1Cl. The fraction of sp³-hybridized carbons (Fsp3) is 0.438. The largest absolute Gasteiger partial charge is 0.492 e. The van der Waals surface area contributed by atoms with Crippen molar-refractivity contribution in [1.82, 2.24) is 5.43 Å². The molecule has 0 heterocycles. The van der Waals surface area contributed by atoms with Crippen LogP contribution in [0.25, 0.3) is 0 Å². The molecule has 1 rings (SSSR count). The zero-order valence-corrected chi connectivity index (χ0v) is 15.1. The van der Waals surface area contributed by atoms with Gasteiger partial charge in [0.05, 0.1) is 24.7 Å². The van der Waals surface area contributed by atoms with Gasteiger partial charge in [0, 0.05) is 17.2 Å². The lowest BCUT2D eigenvalue weighted by Crippen LogP contribution is -2.20. The van der Waals surface area contributed by atoms with Gasteiger partial charge in [0.1, 0.15) is 5.75 Å². The minimum atomic E-state index is -0.374. The van der Waals surface area contributed by atoms with E-state index in [1.807, 2.05) is 0 Å². The number of amides is 1. The van der Waals surface area contributed by atoms with E-state index in [-0.39, 0.29) is 24.7 Å². The first-order valence-electron chi connectivity index (χ1n) is 7.47. The highest BCUT2D eigenvalue weighted by molar-refractivity contribution is 6.35. The van der Waals surface area contributed by atoms with Crippen molar-refractivity contribution in [2.75, 3.05) is 13.2 Å². The van der Waals surface area contributed by atoms with Gasteiger partial charge < -0.3 is 9.47 Å². The summed E-state index contributed by atoms with van der Waals surface area (Å²) in [4.78, 5) is 22.9. The normalized spacial score (nSPS) is 11.1. The fourth-order valence-corrected chi connectivity index (χ4v) is 2.14. The average Bonchev–Trinajstić information content (AvgIpc) is 2.51. The number of nitrogens with zero attached hydrogens (tertiary/aromatic N) is 1. The van der Waals surface area contributed by atoms with Crippen LogP contribution in [0.2, 0.25) is 10.0 Å². The van der Waals surface area contributed by atoms with E-state index in [1.165, 1.54) is 0 Å². The summed E-state index contributed by atoms with van der Waals surface area (Å²) in [5, 5.41) is 4.80. The quantitative estimate of drug-likeness (QED) is 0.310. The van der Waals surface area contributed by atoms with Crippen molar-refractivity contribution in [3.63, 3.8) is 0 Å². The predicted molar refractivity (Wildman–Crippen MR) is 93.7 cm³/mol. The van der Waals surface area contributed by atoms with E-state index in [9.17, 15) is 9.59 Å². The van der Waals surface area contributed by atoms with Crippen molar-refractivity contribution in [1.29, 1.82) is 0 Å². The Morgan fingerprint density at radius 2 is 2.04 bits per heavy atom. The summed E-state index contributed by atoms with van der Waals surface area (Å²) in [7, 11) is 0. The second kappa shape index (κ2) is 10.9. The number of carbonyl (C=O) groups is 2. The number of rotatable bonds is 9. The molecule has 1 N–H and O–H groups in total.